The zero-order valence-electron chi connectivity index (χ0n) is 20.4. The second-order valence-electron chi connectivity index (χ2n) is 8.39. The third kappa shape index (κ3) is 5.69. The van der Waals surface area contributed by atoms with Crippen LogP contribution in [0.3, 0.4) is 0 Å². The predicted octanol–water partition coefficient (Wildman–Crippen LogP) is 5.34. The van der Waals surface area contributed by atoms with E-state index in [0.717, 1.165) is 19.2 Å². The number of nitrogens with zero attached hydrogens (tertiary/aromatic N) is 2. The van der Waals surface area contributed by atoms with Crippen LogP contribution in [0.1, 0.15) is 12.0 Å². The van der Waals surface area contributed by atoms with Crippen molar-refractivity contribution in [2.45, 2.75) is 23.8 Å². The number of imide groups is 1. The van der Waals surface area contributed by atoms with E-state index in [1.165, 1.54) is 32.4 Å². The van der Waals surface area contributed by atoms with E-state index in [1.807, 2.05) is 0 Å². The SMILES string of the molecule is COc1ccc(CCN(C2CC(=O)N(c3ccc(Br)cc3)C2=O)S(=O)(=O)c2cc(Cl)ccc2Cl)cc1OC. The van der Waals surface area contributed by atoms with Crippen molar-refractivity contribution in [1.29, 1.82) is 0 Å². The zero-order chi connectivity index (χ0) is 27.6. The van der Waals surface area contributed by atoms with Gasteiger partial charge in [0.15, 0.2) is 11.5 Å². The van der Waals surface area contributed by atoms with Crippen molar-refractivity contribution in [3.8, 4) is 11.5 Å². The van der Waals surface area contributed by atoms with Gasteiger partial charge < -0.3 is 9.47 Å². The molecule has 4 rings (SSSR count). The molecule has 8 nitrogen and oxygen atoms in total. The molecule has 1 fully saturated rings. The van der Waals surface area contributed by atoms with Crippen LogP contribution in [0.2, 0.25) is 10.0 Å². The number of rotatable bonds is 9. The summed E-state index contributed by atoms with van der Waals surface area (Å²) in [6, 6.07) is 14.6. The van der Waals surface area contributed by atoms with Crippen molar-refractivity contribution >= 4 is 66.7 Å². The van der Waals surface area contributed by atoms with E-state index in [0.29, 0.717) is 17.2 Å². The Kier molecular flexibility index (Phi) is 8.68. The summed E-state index contributed by atoms with van der Waals surface area (Å²) < 4.78 is 40.3. The second-order valence-corrected chi connectivity index (χ2v) is 12.0. The molecule has 1 atom stereocenters. The Morgan fingerprint density at radius 1 is 0.974 bits per heavy atom. The Bertz CT molecular complexity index is 1480. The van der Waals surface area contributed by atoms with Gasteiger partial charge in [0.25, 0.3) is 5.91 Å². The maximum absolute atomic E-state index is 13.9. The van der Waals surface area contributed by atoms with Crippen molar-refractivity contribution < 1.29 is 27.5 Å². The van der Waals surface area contributed by atoms with Crippen LogP contribution in [0.15, 0.2) is 70.0 Å². The molecule has 200 valence electrons. The van der Waals surface area contributed by atoms with Crippen LogP contribution in [0.4, 0.5) is 5.69 Å². The van der Waals surface area contributed by atoms with Crippen molar-refractivity contribution in [3.05, 3.63) is 80.7 Å². The molecule has 12 heteroatoms. The third-order valence-corrected chi connectivity index (χ3v) is 9.26. The lowest BCUT2D eigenvalue weighted by Gasteiger charge is -2.27. The summed E-state index contributed by atoms with van der Waals surface area (Å²) in [5.41, 5.74) is 1.09. The fourth-order valence-electron chi connectivity index (χ4n) is 4.22. The standard InChI is InChI=1S/C26H23BrCl2N2O6S/c1-36-22-10-3-16(13-23(22)37-2)11-12-30(38(34,35)24-14-18(28)6-9-20(24)29)21-15-25(32)31(26(21)33)19-7-4-17(27)5-8-19/h3-10,13-14,21H,11-12,15H2,1-2H3. The van der Waals surface area contributed by atoms with Crippen LogP contribution in [0, 0.1) is 0 Å². The van der Waals surface area contributed by atoms with Gasteiger partial charge in [-0.15, -0.1) is 0 Å². The Morgan fingerprint density at radius 3 is 2.32 bits per heavy atom. The van der Waals surface area contributed by atoms with E-state index in [4.69, 9.17) is 32.7 Å². The van der Waals surface area contributed by atoms with Gasteiger partial charge in [-0.1, -0.05) is 45.2 Å². The fraction of sp³-hybridized carbons (Fsp3) is 0.231. The first-order valence-corrected chi connectivity index (χ1v) is 14.4. The van der Waals surface area contributed by atoms with Crippen LogP contribution in [-0.2, 0) is 26.0 Å². The summed E-state index contributed by atoms with van der Waals surface area (Å²) in [4.78, 5) is 27.3. The molecule has 0 aliphatic carbocycles. The molecular formula is C26H23BrCl2N2O6S. The van der Waals surface area contributed by atoms with Crippen molar-refractivity contribution in [3.63, 3.8) is 0 Å². The molecular weight excluding hydrogens is 619 g/mol. The van der Waals surface area contributed by atoms with Gasteiger partial charge in [-0.05, 0) is 66.6 Å². The molecule has 3 aromatic carbocycles. The summed E-state index contributed by atoms with van der Waals surface area (Å²) in [5.74, 6) is -0.156. The van der Waals surface area contributed by atoms with Crippen LogP contribution in [-0.4, -0.2) is 51.3 Å². The second kappa shape index (κ2) is 11.6. The Balaban J connectivity index is 1.73. The topological polar surface area (TPSA) is 93.2 Å². The quantitative estimate of drug-likeness (QED) is 0.293. The molecule has 38 heavy (non-hydrogen) atoms. The molecule has 1 aliphatic heterocycles. The molecule has 0 N–H and O–H groups in total. The number of amides is 2. The zero-order valence-corrected chi connectivity index (χ0v) is 24.3. The monoisotopic (exact) mass is 640 g/mol. The number of ether oxygens (including phenoxy) is 2. The molecule has 0 saturated carbocycles. The maximum Gasteiger partial charge on any atom is 0.252 e. The summed E-state index contributed by atoms with van der Waals surface area (Å²) >= 11 is 15.7. The van der Waals surface area contributed by atoms with Crippen LogP contribution in [0.5, 0.6) is 11.5 Å². The van der Waals surface area contributed by atoms with E-state index < -0.39 is 27.9 Å². The highest BCUT2D eigenvalue weighted by Crippen LogP contribution is 2.34. The molecule has 1 unspecified atom stereocenters. The summed E-state index contributed by atoms with van der Waals surface area (Å²) in [6.07, 6.45) is -0.105. The maximum atomic E-state index is 13.9. The van der Waals surface area contributed by atoms with Gasteiger partial charge in [-0.3, -0.25) is 9.59 Å². The fourth-order valence-corrected chi connectivity index (χ4v) is 6.81. The van der Waals surface area contributed by atoms with Gasteiger partial charge in [-0.2, -0.15) is 4.31 Å². The third-order valence-electron chi connectivity index (χ3n) is 6.10. The first kappa shape index (κ1) is 28.4. The Labute approximate surface area is 239 Å². The minimum atomic E-state index is -4.35. The molecule has 1 aliphatic rings. The molecule has 2 amide bonds. The van der Waals surface area contributed by atoms with Crippen LogP contribution < -0.4 is 14.4 Å². The van der Waals surface area contributed by atoms with Crippen molar-refractivity contribution in [2.75, 3.05) is 25.7 Å². The highest BCUT2D eigenvalue weighted by Gasteiger charge is 2.47. The summed E-state index contributed by atoms with van der Waals surface area (Å²) in [5, 5.41) is 0.116. The minimum Gasteiger partial charge on any atom is -0.493 e. The first-order chi connectivity index (χ1) is 18.1. The molecule has 0 aromatic heterocycles. The molecule has 0 bridgehead atoms. The van der Waals surface area contributed by atoms with E-state index in [2.05, 4.69) is 15.9 Å². The van der Waals surface area contributed by atoms with Crippen molar-refractivity contribution in [2.24, 2.45) is 0 Å². The molecule has 0 radical (unpaired) electrons. The lowest BCUT2D eigenvalue weighted by Crippen LogP contribution is -2.46. The van der Waals surface area contributed by atoms with E-state index in [-0.39, 0.29) is 34.3 Å². The van der Waals surface area contributed by atoms with Crippen molar-refractivity contribution in [1.82, 2.24) is 4.31 Å². The minimum absolute atomic E-state index is 0.0490. The van der Waals surface area contributed by atoms with Gasteiger partial charge in [-0.25, -0.2) is 13.3 Å². The van der Waals surface area contributed by atoms with Gasteiger partial charge in [0.2, 0.25) is 15.9 Å². The van der Waals surface area contributed by atoms with Gasteiger partial charge in [0, 0.05) is 16.0 Å². The van der Waals surface area contributed by atoms with E-state index >= 15 is 0 Å². The molecule has 0 spiro atoms. The average Bonchev–Trinajstić information content (AvgIpc) is 3.18. The first-order valence-electron chi connectivity index (χ1n) is 11.4. The predicted molar refractivity (Wildman–Crippen MR) is 149 cm³/mol. The largest absolute Gasteiger partial charge is 0.493 e. The number of hydrogen-bond donors (Lipinski definition) is 0. The van der Waals surface area contributed by atoms with Gasteiger partial charge in [0.1, 0.15) is 10.9 Å². The molecule has 3 aromatic rings. The summed E-state index contributed by atoms with van der Waals surface area (Å²) in [6.45, 7) is -0.113. The number of anilines is 1. The normalized spacial score (nSPS) is 15.8. The smallest absolute Gasteiger partial charge is 0.252 e. The van der Waals surface area contributed by atoms with E-state index in [1.54, 1.807) is 42.5 Å². The number of carbonyl (C=O) groups is 2. The Morgan fingerprint density at radius 2 is 1.66 bits per heavy atom. The number of halogens is 3. The van der Waals surface area contributed by atoms with Crippen LogP contribution >= 0.6 is 39.1 Å². The number of hydrogen-bond acceptors (Lipinski definition) is 6. The number of methoxy groups -OCH3 is 2. The number of benzene rings is 3. The lowest BCUT2D eigenvalue weighted by molar-refractivity contribution is -0.122. The van der Waals surface area contributed by atoms with E-state index in [9.17, 15) is 18.0 Å². The van der Waals surface area contributed by atoms with Gasteiger partial charge >= 0.3 is 0 Å². The van der Waals surface area contributed by atoms with Crippen LogP contribution in [0.25, 0.3) is 0 Å². The van der Waals surface area contributed by atoms with Gasteiger partial charge in [0.05, 0.1) is 31.4 Å². The molecule has 1 heterocycles. The number of carbonyl (C=O) groups excluding carboxylic acids is 2. The lowest BCUT2D eigenvalue weighted by atomic mass is 10.1. The summed E-state index contributed by atoms with van der Waals surface area (Å²) in [7, 11) is -1.34. The highest BCUT2D eigenvalue weighted by molar-refractivity contribution is 9.10. The highest BCUT2D eigenvalue weighted by atomic mass is 79.9. The average molecular weight is 642 g/mol. The molecule has 1 saturated heterocycles. The number of sulfonamides is 1. The Hall–Kier alpha value is -2.63.